The number of anilines is 1. The molecule has 1 saturated heterocycles. The smallest absolute Gasteiger partial charge is 0.244 e. The third-order valence-corrected chi connectivity index (χ3v) is 5.29. The van der Waals surface area contributed by atoms with E-state index in [0.717, 1.165) is 31.6 Å². The monoisotopic (exact) mass is 302 g/mol. The quantitative estimate of drug-likeness (QED) is 0.929. The van der Waals surface area contributed by atoms with Crippen molar-refractivity contribution in [2.45, 2.75) is 51.8 Å². The number of carbonyl (C=O) groups excluding carboxylic acids is 1. The van der Waals surface area contributed by atoms with E-state index in [9.17, 15) is 9.90 Å². The molecule has 4 unspecified atom stereocenters. The van der Waals surface area contributed by atoms with Gasteiger partial charge >= 0.3 is 0 Å². The van der Waals surface area contributed by atoms with Crippen LogP contribution >= 0.6 is 0 Å². The highest BCUT2D eigenvalue weighted by Gasteiger charge is 2.37. The maximum Gasteiger partial charge on any atom is 0.244 e. The zero-order valence-electron chi connectivity index (χ0n) is 13.7. The van der Waals surface area contributed by atoms with E-state index < -0.39 is 0 Å². The minimum Gasteiger partial charge on any atom is -0.393 e. The number of hydrogen-bond acceptors (Lipinski definition) is 3. The van der Waals surface area contributed by atoms with Crippen LogP contribution in [0.4, 0.5) is 5.69 Å². The topological polar surface area (TPSA) is 43.8 Å². The molecular weight excluding hydrogens is 276 g/mol. The molecule has 0 saturated carbocycles. The van der Waals surface area contributed by atoms with Crippen molar-refractivity contribution in [3.05, 3.63) is 29.8 Å². The molecule has 2 aliphatic rings. The zero-order valence-corrected chi connectivity index (χ0v) is 13.7. The molecule has 0 aromatic heterocycles. The minimum absolute atomic E-state index is 0.127. The molecule has 22 heavy (non-hydrogen) atoms. The summed E-state index contributed by atoms with van der Waals surface area (Å²) >= 11 is 0. The Bertz CT molecular complexity index is 558. The number of rotatable bonds is 3. The average Bonchev–Trinajstić information content (AvgIpc) is 3.09. The fourth-order valence-electron chi connectivity index (χ4n) is 3.82. The van der Waals surface area contributed by atoms with Crippen molar-refractivity contribution in [2.75, 3.05) is 18.0 Å². The third kappa shape index (κ3) is 2.66. The summed E-state index contributed by atoms with van der Waals surface area (Å²) in [4.78, 5) is 17.2. The van der Waals surface area contributed by atoms with Gasteiger partial charge in [0.1, 0.15) is 0 Å². The van der Waals surface area contributed by atoms with E-state index in [1.807, 2.05) is 36.9 Å². The van der Waals surface area contributed by atoms with Gasteiger partial charge in [-0.05, 0) is 57.7 Å². The normalized spacial score (nSPS) is 27.7. The van der Waals surface area contributed by atoms with Crippen molar-refractivity contribution in [3.63, 3.8) is 0 Å². The van der Waals surface area contributed by atoms with Gasteiger partial charge < -0.3 is 10.0 Å². The molecule has 4 atom stereocenters. The number of amides is 1. The summed E-state index contributed by atoms with van der Waals surface area (Å²) in [5, 5.41) is 9.75. The van der Waals surface area contributed by atoms with Crippen LogP contribution in [0.5, 0.6) is 0 Å². The Morgan fingerprint density at radius 1 is 1.32 bits per heavy atom. The predicted molar refractivity (Wildman–Crippen MR) is 87.9 cm³/mol. The SMILES string of the molecule is CC(O)C1CCN(C(C)C(=O)N2c3ccccc3CC2C)C1. The van der Waals surface area contributed by atoms with Gasteiger partial charge in [-0.2, -0.15) is 0 Å². The standard InChI is InChI=1S/C18H26N2O2/c1-12-10-15-6-4-5-7-17(15)20(12)18(22)13(2)19-9-8-16(11-19)14(3)21/h4-7,12-14,16,21H,8-11H2,1-3H3. The van der Waals surface area contributed by atoms with Crippen LogP contribution in [0.15, 0.2) is 24.3 Å². The Labute approximate surface area is 132 Å². The van der Waals surface area contributed by atoms with Gasteiger partial charge in [0.05, 0.1) is 12.1 Å². The minimum atomic E-state index is -0.293. The molecule has 120 valence electrons. The molecule has 1 fully saturated rings. The molecule has 0 aliphatic carbocycles. The van der Waals surface area contributed by atoms with Crippen LogP contribution in [0.2, 0.25) is 0 Å². The summed E-state index contributed by atoms with van der Waals surface area (Å²) in [6.45, 7) is 7.67. The summed E-state index contributed by atoms with van der Waals surface area (Å²) in [5.41, 5.74) is 2.33. The molecule has 0 spiro atoms. The summed E-state index contributed by atoms with van der Waals surface area (Å²) in [5.74, 6) is 0.474. The molecule has 0 bridgehead atoms. The van der Waals surface area contributed by atoms with E-state index in [4.69, 9.17) is 0 Å². The molecule has 1 aromatic carbocycles. The van der Waals surface area contributed by atoms with E-state index in [1.54, 1.807) is 0 Å². The maximum atomic E-state index is 13.0. The summed E-state index contributed by atoms with van der Waals surface area (Å²) in [7, 11) is 0. The molecule has 2 aliphatic heterocycles. The van der Waals surface area contributed by atoms with Gasteiger partial charge in [-0.3, -0.25) is 9.69 Å². The number of benzene rings is 1. The summed E-state index contributed by atoms with van der Waals surface area (Å²) in [6, 6.07) is 8.30. The van der Waals surface area contributed by atoms with Crippen molar-refractivity contribution in [1.82, 2.24) is 4.90 Å². The van der Waals surface area contributed by atoms with Gasteiger partial charge in [0.25, 0.3) is 0 Å². The van der Waals surface area contributed by atoms with Crippen molar-refractivity contribution in [2.24, 2.45) is 5.92 Å². The van der Waals surface area contributed by atoms with E-state index in [1.165, 1.54) is 5.56 Å². The van der Waals surface area contributed by atoms with Crippen LogP contribution in [0.25, 0.3) is 0 Å². The Morgan fingerprint density at radius 3 is 2.73 bits per heavy atom. The Hall–Kier alpha value is -1.39. The molecule has 2 heterocycles. The highest BCUT2D eigenvalue weighted by atomic mass is 16.3. The van der Waals surface area contributed by atoms with Gasteiger partial charge in [0, 0.05) is 18.3 Å². The van der Waals surface area contributed by atoms with E-state index in [2.05, 4.69) is 17.9 Å². The second kappa shape index (κ2) is 6.01. The first-order chi connectivity index (χ1) is 10.5. The number of nitrogens with zero attached hydrogens (tertiary/aromatic N) is 2. The molecule has 1 amide bonds. The fraction of sp³-hybridized carbons (Fsp3) is 0.611. The zero-order chi connectivity index (χ0) is 15.9. The number of para-hydroxylation sites is 1. The molecule has 1 aromatic rings. The van der Waals surface area contributed by atoms with E-state index >= 15 is 0 Å². The van der Waals surface area contributed by atoms with Crippen LogP contribution in [-0.2, 0) is 11.2 Å². The van der Waals surface area contributed by atoms with Gasteiger partial charge in [-0.15, -0.1) is 0 Å². The van der Waals surface area contributed by atoms with Crippen molar-refractivity contribution >= 4 is 11.6 Å². The highest BCUT2D eigenvalue weighted by Crippen LogP contribution is 2.33. The molecule has 1 N–H and O–H groups in total. The molecule has 3 rings (SSSR count). The number of fused-ring (bicyclic) bond motifs is 1. The lowest BCUT2D eigenvalue weighted by atomic mass is 10.0. The molecule has 0 radical (unpaired) electrons. The Balaban J connectivity index is 1.74. The van der Waals surface area contributed by atoms with Gasteiger partial charge in [-0.1, -0.05) is 18.2 Å². The van der Waals surface area contributed by atoms with Crippen molar-refractivity contribution in [3.8, 4) is 0 Å². The van der Waals surface area contributed by atoms with E-state index in [-0.39, 0.29) is 24.1 Å². The third-order valence-electron chi connectivity index (χ3n) is 5.29. The van der Waals surface area contributed by atoms with E-state index in [0.29, 0.717) is 5.92 Å². The van der Waals surface area contributed by atoms with Crippen molar-refractivity contribution < 1.29 is 9.90 Å². The molecule has 4 nitrogen and oxygen atoms in total. The number of aliphatic hydroxyl groups is 1. The lowest BCUT2D eigenvalue weighted by molar-refractivity contribution is -0.123. The van der Waals surface area contributed by atoms with Crippen LogP contribution in [-0.4, -0.2) is 47.2 Å². The van der Waals surface area contributed by atoms with Crippen LogP contribution in [0.3, 0.4) is 0 Å². The van der Waals surface area contributed by atoms with Gasteiger partial charge in [0.2, 0.25) is 5.91 Å². The lowest BCUT2D eigenvalue weighted by Gasteiger charge is -2.31. The first-order valence-electron chi connectivity index (χ1n) is 8.32. The summed E-state index contributed by atoms with van der Waals surface area (Å²) < 4.78 is 0. The second-order valence-corrected chi connectivity index (χ2v) is 6.85. The number of carbonyl (C=O) groups is 1. The summed E-state index contributed by atoms with van der Waals surface area (Å²) in [6.07, 6.45) is 1.62. The van der Waals surface area contributed by atoms with Gasteiger partial charge in [-0.25, -0.2) is 0 Å². The van der Waals surface area contributed by atoms with Crippen LogP contribution in [0.1, 0.15) is 32.8 Å². The molecule has 4 heteroatoms. The second-order valence-electron chi connectivity index (χ2n) is 6.85. The number of aliphatic hydroxyl groups excluding tert-OH is 1. The molecular formula is C18H26N2O2. The Morgan fingerprint density at radius 2 is 2.05 bits per heavy atom. The fourth-order valence-corrected chi connectivity index (χ4v) is 3.82. The highest BCUT2D eigenvalue weighted by molar-refractivity contribution is 5.99. The average molecular weight is 302 g/mol. The Kier molecular flexibility index (Phi) is 4.24. The number of hydrogen-bond donors (Lipinski definition) is 1. The maximum absolute atomic E-state index is 13.0. The first kappa shape index (κ1) is 15.5. The number of likely N-dealkylation sites (tertiary alicyclic amines) is 1. The predicted octanol–water partition coefficient (Wildman–Crippen LogP) is 2.06. The first-order valence-corrected chi connectivity index (χ1v) is 8.32. The van der Waals surface area contributed by atoms with Gasteiger partial charge in [0.15, 0.2) is 0 Å². The lowest BCUT2D eigenvalue weighted by Crippen LogP contribution is -2.48. The largest absolute Gasteiger partial charge is 0.393 e. The van der Waals surface area contributed by atoms with Crippen molar-refractivity contribution in [1.29, 1.82) is 0 Å². The van der Waals surface area contributed by atoms with Crippen LogP contribution in [0, 0.1) is 5.92 Å². The van der Waals surface area contributed by atoms with Crippen LogP contribution < -0.4 is 4.90 Å².